The molecule has 7 nitrogen and oxygen atoms in total. The summed E-state index contributed by atoms with van der Waals surface area (Å²) in [6, 6.07) is 11.4. The van der Waals surface area contributed by atoms with Crippen LogP contribution in [0.3, 0.4) is 0 Å². The molecule has 28 heavy (non-hydrogen) atoms. The Balaban J connectivity index is 1.40. The molecule has 0 saturated heterocycles. The molecule has 9 heteroatoms. The second-order valence-corrected chi connectivity index (χ2v) is 8.97. The third-order valence-electron chi connectivity index (χ3n) is 4.30. The second-order valence-electron chi connectivity index (χ2n) is 6.30. The highest BCUT2D eigenvalue weighted by atomic mass is 79.9. The number of hydrogen-bond donors (Lipinski definition) is 1. The zero-order valence-electron chi connectivity index (χ0n) is 14.6. The molecular formula is C19H16BrN3O4S. The van der Waals surface area contributed by atoms with E-state index in [-0.39, 0.29) is 24.7 Å². The van der Waals surface area contributed by atoms with Crippen LogP contribution >= 0.6 is 15.9 Å². The van der Waals surface area contributed by atoms with E-state index in [4.69, 9.17) is 4.42 Å². The van der Waals surface area contributed by atoms with E-state index >= 15 is 0 Å². The fourth-order valence-corrected chi connectivity index (χ4v) is 4.08. The minimum atomic E-state index is -3.41. The van der Waals surface area contributed by atoms with Gasteiger partial charge >= 0.3 is 0 Å². The molecule has 0 bridgehead atoms. The van der Waals surface area contributed by atoms with E-state index in [2.05, 4.69) is 25.6 Å². The number of nitrogens with one attached hydrogen (secondary N) is 1. The lowest BCUT2D eigenvalue weighted by Crippen LogP contribution is -2.38. The molecular weight excluding hydrogens is 446 g/mol. The third kappa shape index (κ3) is 4.10. The van der Waals surface area contributed by atoms with Crippen molar-refractivity contribution >= 4 is 37.7 Å². The highest BCUT2D eigenvalue weighted by molar-refractivity contribution is 9.10. The van der Waals surface area contributed by atoms with Crippen molar-refractivity contribution in [1.82, 2.24) is 10.2 Å². The maximum Gasteiger partial charge on any atom is 0.256 e. The number of carbonyl (C=O) groups is 1. The Morgan fingerprint density at radius 2 is 1.96 bits per heavy atom. The van der Waals surface area contributed by atoms with Crippen LogP contribution in [0.5, 0.6) is 0 Å². The van der Waals surface area contributed by atoms with Gasteiger partial charge in [-0.3, -0.25) is 4.79 Å². The molecule has 0 aliphatic carbocycles. The average molecular weight is 462 g/mol. The minimum Gasteiger partial charge on any atom is -0.459 e. The van der Waals surface area contributed by atoms with Gasteiger partial charge in [0.15, 0.2) is 0 Å². The van der Waals surface area contributed by atoms with Gasteiger partial charge in [-0.05, 0) is 36.4 Å². The molecule has 2 aliphatic heterocycles. The molecule has 144 valence electrons. The SMILES string of the molecule is O=C(NCc1ccc(-c2ccc(Br)cc2)o1)C1=CN2CCS(=O)(=O)N=C2C=C1. The summed E-state index contributed by atoms with van der Waals surface area (Å²) >= 11 is 3.40. The lowest BCUT2D eigenvalue weighted by molar-refractivity contribution is -0.117. The number of furan rings is 1. The van der Waals surface area contributed by atoms with E-state index in [1.165, 1.54) is 6.08 Å². The van der Waals surface area contributed by atoms with E-state index in [1.807, 2.05) is 36.4 Å². The first-order valence-electron chi connectivity index (χ1n) is 8.52. The molecule has 1 amide bonds. The Kier molecular flexibility index (Phi) is 4.94. The standard InChI is InChI=1S/C19H16BrN3O4S/c20-15-4-1-13(2-5-15)17-7-6-16(27-17)11-21-19(24)14-3-8-18-22-28(25,26)10-9-23(18)12-14/h1-8,12H,9-11H2,(H,21,24). The van der Waals surface area contributed by atoms with Crippen LogP contribution in [-0.2, 0) is 21.4 Å². The molecule has 0 unspecified atom stereocenters. The van der Waals surface area contributed by atoms with Crippen molar-refractivity contribution in [3.63, 3.8) is 0 Å². The Morgan fingerprint density at radius 1 is 1.18 bits per heavy atom. The van der Waals surface area contributed by atoms with Gasteiger partial charge in [-0.15, -0.1) is 4.40 Å². The van der Waals surface area contributed by atoms with Crippen molar-refractivity contribution in [2.75, 3.05) is 12.3 Å². The van der Waals surface area contributed by atoms with Crippen LogP contribution in [-0.4, -0.2) is 37.4 Å². The average Bonchev–Trinajstić information content (AvgIpc) is 3.14. The van der Waals surface area contributed by atoms with Gasteiger partial charge in [0.2, 0.25) is 0 Å². The maximum atomic E-state index is 12.4. The quantitative estimate of drug-likeness (QED) is 0.755. The highest BCUT2D eigenvalue weighted by Crippen LogP contribution is 2.24. The number of carbonyl (C=O) groups excluding carboxylic acids is 1. The Morgan fingerprint density at radius 3 is 2.75 bits per heavy atom. The van der Waals surface area contributed by atoms with E-state index in [1.54, 1.807) is 17.2 Å². The predicted molar refractivity (Wildman–Crippen MR) is 109 cm³/mol. The van der Waals surface area contributed by atoms with Gasteiger partial charge in [-0.25, -0.2) is 8.42 Å². The van der Waals surface area contributed by atoms with Crippen molar-refractivity contribution < 1.29 is 17.6 Å². The van der Waals surface area contributed by atoms with Crippen molar-refractivity contribution in [2.24, 2.45) is 4.40 Å². The van der Waals surface area contributed by atoms with Crippen LogP contribution in [0.1, 0.15) is 5.76 Å². The van der Waals surface area contributed by atoms with Crippen LogP contribution in [0.25, 0.3) is 11.3 Å². The zero-order valence-corrected chi connectivity index (χ0v) is 17.0. The van der Waals surface area contributed by atoms with E-state index in [9.17, 15) is 13.2 Å². The normalized spacial score (nSPS) is 17.5. The minimum absolute atomic E-state index is 0.0685. The number of rotatable bonds is 4. The molecule has 0 spiro atoms. The van der Waals surface area contributed by atoms with Crippen molar-refractivity contribution in [3.05, 3.63) is 70.6 Å². The molecule has 1 aromatic carbocycles. The van der Waals surface area contributed by atoms with Crippen LogP contribution in [0.15, 0.2) is 73.6 Å². The van der Waals surface area contributed by atoms with Gasteiger partial charge in [-0.2, -0.15) is 0 Å². The Labute approximate surface area is 170 Å². The lowest BCUT2D eigenvalue weighted by atomic mass is 10.2. The van der Waals surface area contributed by atoms with Crippen molar-refractivity contribution in [3.8, 4) is 11.3 Å². The number of nitrogens with zero attached hydrogens (tertiary/aromatic N) is 2. The van der Waals surface area contributed by atoms with E-state index < -0.39 is 10.0 Å². The molecule has 1 aromatic heterocycles. The van der Waals surface area contributed by atoms with Gasteiger partial charge in [-0.1, -0.05) is 28.1 Å². The fraction of sp³-hybridized carbons (Fsp3) is 0.158. The molecule has 0 saturated carbocycles. The highest BCUT2D eigenvalue weighted by Gasteiger charge is 2.25. The fourth-order valence-electron chi connectivity index (χ4n) is 2.85. The first-order valence-corrected chi connectivity index (χ1v) is 10.9. The number of halogens is 1. The summed E-state index contributed by atoms with van der Waals surface area (Å²) in [7, 11) is -3.41. The molecule has 4 rings (SSSR count). The van der Waals surface area contributed by atoms with E-state index in [0.717, 1.165) is 15.8 Å². The number of amides is 1. The summed E-state index contributed by atoms with van der Waals surface area (Å²) in [6.45, 7) is 0.521. The Bertz CT molecular complexity index is 1110. The van der Waals surface area contributed by atoms with Gasteiger partial charge in [0.25, 0.3) is 15.9 Å². The zero-order chi connectivity index (χ0) is 19.7. The summed E-state index contributed by atoms with van der Waals surface area (Å²) in [6.07, 6.45) is 4.70. The first-order chi connectivity index (χ1) is 13.4. The van der Waals surface area contributed by atoms with Gasteiger partial charge in [0.1, 0.15) is 17.4 Å². The van der Waals surface area contributed by atoms with Crippen molar-refractivity contribution in [1.29, 1.82) is 0 Å². The number of fused-ring (bicyclic) bond motifs is 1. The molecule has 1 N–H and O–H groups in total. The molecule has 0 atom stereocenters. The van der Waals surface area contributed by atoms with Crippen LogP contribution < -0.4 is 5.32 Å². The topological polar surface area (TPSA) is 92.0 Å². The summed E-state index contributed by atoms with van der Waals surface area (Å²) in [5.74, 6) is 1.35. The van der Waals surface area contributed by atoms with Crippen LogP contribution in [0.2, 0.25) is 0 Å². The summed E-state index contributed by atoms with van der Waals surface area (Å²) in [4.78, 5) is 14.1. The molecule has 0 radical (unpaired) electrons. The number of hydrogen-bond acceptors (Lipinski definition) is 5. The number of amidine groups is 1. The summed E-state index contributed by atoms with van der Waals surface area (Å²) < 4.78 is 33.6. The van der Waals surface area contributed by atoms with Gasteiger partial charge in [0, 0.05) is 22.8 Å². The van der Waals surface area contributed by atoms with Crippen LogP contribution in [0, 0.1) is 0 Å². The van der Waals surface area contributed by atoms with Gasteiger partial charge < -0.3 is 14.6 Å². The molecule has 2 aliphatic rings. The van der Waals surface area contributed by atoms with Crippen LogP contribution in [0.4, 0.5) is 0 Å². The summed E-state index contributed by atoms with van der Waals surface area (Å²) in [5.41, 5.74) is 1.38. The summed E-state index contributed by atoms with van der Waals surface area (Å²) in [5, 5.41) is 2.81. The molecule has 3 heterocycles. The second kappa shape index (κ2) is 7.40. The maximum absolute atomic E-state index is 12.4. The third-order valence-corrected chi connectivity index (χ3v) is 5.99. The first kappa shape index (κ1) is 18.7. The Hall–Kier alpha value is -2.65. The van der Waals surface area contributed by atoms with Crippen molar-refractivity contribution in [2.45, 2.75) is 6.54 Å². The number of sulfonamides is 1. The number of benzene rings is 1. The lowest BCUT2D eigenvalue weighted by Gasteiger charge is -2.26. The monoisotopic (exact) mass is 461 g/mol. The predicted octanol–water partition coefficient (Wildman–Crippen LogP) is 2.82. The smallest absolute Gasteiger partial charge is 0.256 e. The largest absolute Gasteiger partial charge is 0.459 e. The molecule has 2 aromatic rings. The molecule has 0 fully saturated rings. The van der Waals surface area contributed by atoms with E-state index in [0.29, 0.717) is 17.2 Å². The van der Waals surface area contributed by atoms with Gasteiger partial charge in [0.05, 0.1) is 17.9 Å².